The molecule has 1 rings (SSSR count). The molecule has 0 saturated heterocycles. The standard InChI is InChI=1S/C11H14ClF2NO/c1-7(2)15-6-8-5-9(12)3-4-10(8)16-11(13)14/h3-5,7,11,15H,6H2,1-2H3. The van der Waals surface area contributed by atoms with E-state index in [1.54, 1.807) is 6.07 Å². The molecule has 0 atom stereocenters. The molecule has 0 aliphatic rings. The van der Waals surface area contributed by atoms with E-state index in [4.69, 9.17) is 11.6 Å². The zero-order valence-corrected chi connectivity index (χ0v) is 9.89. The Kier molecular flexibility index (Phi) is 4.96. The van der Waals surface area contributed by atoms with Crippen molar-refractivity contribution in [1.29, 1.82) is 0 Å². The van der Waals surface area contributed by atoms with Crippen LogP contribution in [-0.2, 0) is 6.54 Å². The molecule has 0 heterocycles. The molecule has 5 heteroatoms. The van der Waals surface area contributed by atoms with Gasteiger partial charge in [0.25, 0.3) is 0 Å². The first-order valence-corrected chi connectivity index (χ1v) is 5.33. The number of alkyl halides is 2. The maximum absolute atomic E-state index is 12.1. The Morgan fingerprint density at radius 2 is 2.06 bits per heavy atom. The molecular weight excluding hydrogens is 236 g/mol. The summed E-state index contributed by atoms with van der Waals surface area (Å²) >= 11 is 5.80. The minimum atomic E-state index is -2.82. The quantitative estimate of drug-likeness (QED) is 0.863. The van der Waals surface area contributed by atoms with Crippen LogP contribution >= 0.6 is 11.6 Å². The van der Waals surface area contributed by atoms with Gasteiger partial charge in [0.15, 0.2) is 0 Å². The Morgan fingerprint density at radius 1 is 1.38 bits per heavy atom. The second kappa shape index (κ2) is 6.01. The number of ether oxygens (including phenoxy) is 1. The van der Waals surface area contributed by atoms with E-state index < -0.39 is 6.61 Å². The summed E-state index contributed by atoms with van der Waals surface area (Å²) in [5.74, 6) is 0.160. The van der Waals surface area contributed by atoms with Crippen LogP contribution in [0.4, 0.5) is 8.78 Å². The van der Waals surface area contributed by atoms with E-state index >= 15 is 0 Å². The van der Waals surface area contributed by atoms with Crippen LogP contribution in [0.15, 0.2) is 18.2 Å². The van der Waals surface area contributed by atoms with Gasteiger partial charge in [-0.1, -0.05) is 25.4 Å². The van der Waals surface area contributed by atoms with E-state index in [1.165, 1.54) is 12.1 Å². The van der Waals surface area contributed by atoms with Gasteiger partial charge >= 0.3 is 6.61 Å². The molecule has 0 bridgehead atoms. The first-order valence-electron chi connectivity index (χ1n) is 4.95. The highest BCUT2D eigenvalue weighted by molar-refractivity contribution is 6.30. The van der Waals surface area contributed by atoms with Gasteiger partial charge in [0.1, 0.15) is 5.75 Å². The largest absolute Gasteiger partial charge is 0.434 e. The molecule has 0 aromatic heterocycles. The monoisotopic (exact) mass is 249 g/mol. The van der Waals surface area contributed by atoms with Gasteiger partial charge < -0.3 is 10.1 Å². The summed E-state index contributed by atoms with van der Waals surface area (Å²) in [5.41, 5.74) is 0.626. The third-order valence-corrected chi connectivity index (χ3v) is 2.17. The summed E-state index contributed by atoms with van der Waals surface area (Å²) in [5, 5.41) is 3.62. The molecule has 2 nitrogen and oxygen atoms in total. The summed E-state index contributed by atoms with van der Waals surface area (Å²) in [6.07, 6.45) is 0. The highest BCUT2D eigenvalue weighted by atomic mass is 35.5. The lowest BCUT2D eigenvalue weighted by Crippen LogP contribution is -2.22. The number of halogens is 3. The molecule has 0 aliphatic carbocycles. The predicted octanol–water partition coefficient (Wildman–Crippen LogP) is 3.44. The van der Waals surface area contributed by atoms with Gasteiger partial charge in [-0.05, 0) is 18.2 Å². The van der Waals surface area contributed by atoms with Gasteiger partial charge in [-0.3, -0.25) is 0 Å². The molecule has 0 aliphatic heterocycles. The van der Waals surface area contributed by atoms with E-state index in [2.05, 4.69) is 10.1 Å². The van der Waals surface area contributed by atoms with Crippen molar-refractivity contribution >= 4 is 11.6 Å². The predicted molar refractivity (Wildman–Crippen MR) is 60.1 cm³/mol. The molecule has 1 aromatic carbocycles. The SMILES string of the molecule is CC(C)NCc1cc(Cl)ccc1OC(F)F. The first-order chi connectivity index (χ1) is 7.49. The Bertz CT molecular complexity index is 345. The highest BCUT2D eigenvalue weighted by Gasteiger charge is 2.10. The molecule has 90 valence electrons. The second-order valence-electron chi connectivity index (χ2n) is 3.67. The van der Waals surface area contributed by atoms with Crippen LogP contribution in [0.1, 0.15) is 19.4 Å². The van der Waals surface area contributed by atoms with Gasteiger partial charge in [0.05, 0.1) is 0 Å². The van der Waals surface area contributed by atoms with Gasteiger partial charge in [0.2, 0.25) is 0 Å². The second-order valence-corrected chi connectivity index (χ2v) is 4.10. The van der Waals surface area contributed by atoms with Gasteiger partial charge in [-0.15, -0.1) is 0 Å². The van der Waals surface area contributed by atoms with Gasteiger partial charge in [0, 0.05) is 23.2 Å². The summed E-state index contributed by atoms with van der Waals surface area (Å²) in [6, 6.07) is 4.86. The van der Waals surface area contributed by atoms with Crippen molar-refractivity contribution in [3.63, 3.8) is 0 Å². The topological polar surface area (TPSA) is 21.3 Å². The molecule has 1 aromatic rings. The zero-order valence-electron chi connectivity index (χ0n) is 9.14. The summed E-state index contributed by atoms with van der Waals surface area (Å²) in [6.45, 7) is 1.57. The maximum Gasteiger partial charge on any atom is 0.387 e. The summed E-state index contributed by atoms with van der Waals surface area (Å²) < 4.78 is 28.6. The van der Waals surface area contributed by atoms with Gasteiger partial charge in [-0.2, -0.15) is 8.78 Å². The number of benzene rings is 1. The van der Waals surface area contributed by atoms with Gasteiger partial charge in [-0.25, -0.2) is 0 Å². The Balaban J connectivity index is 2.81. The van der Waals surface area contributed by atoms with Crippen LogP contribution in [0.3, 0.4) is 0 Å². The van der Waals surface area contributed by atoms with E-state index in [9.17, 15) is 8.78 Å². The lowest BCUT2D eigenvalue weighted by Gasteiger charge is -2.13. The van der Waals surface area contributed by atoms with Crippen LogP contribution in [0, 0.1) is 0 Å². The molecule has 0 radical (unpaired) electrons. The fourth-order valence-corrected chi connectivity index (χ4v) is 1.41. The normalized spacial score (nSPS) is 11.2. The minimum Gasteiger partial charge on any atom is -0.434 e. The Hall–Kier alpha value is -0.870. The number of rotatable bonds is 5. The van der Waals surface area contributed by atoms with E-state index in [-0.39, 0.29) is 11.8 Å². The summed E-state index contributed by atoms with van der Waals surface area (Å²) in [7, 11) is 0. The lowest BCUT2D eigenvalue weighted by atomic mass is 10.2. The van der Waals surface area contributed by atoms with Crippen molar-refractivity contribution in [2.24, 2.45) is 0 Å². The van der Waals surface area contributed by atoms with Crippen molar-refractivity contribution in [3.8, 4) is 5.75 Å². The van der Waals surface area contributed by atoms with Crippen LogP contribution in [0.25, 0.3) is 0 Å². The highest BCUT2D eigenvalue weighted by Crippen LogP contribution is 2.24. The smallest absolute Gasteiger partial charge is 0.387 e. The third kappa shape index (κ3) is 4.33. The maximum atomic E-state index is 12.1. The van der Waals surface area contributed by atoms with Crippen molar-refractivity contribution in [3.05, 3.63) is 28.8 Å². The molecule has 1 N–H and O–H groups in total. The average molecular weight is 250 g/mol. The molecule has 0 saturated carbocycles. The van der Waals surface area contributed by atoms with Crippen molar-refractivity contribution in [1.82, 2.24) is 5.32 Å². The number of nitrogens with one attached hydrogen (secondary N) is 1. The minimum absolute atomic E-state index is 0.160. The summed E-state index contributed by atoms with van der Waals surface area (Å²) in [4.78, 5) is 0. The van der Waals surface area contributed by atoms with Crippen molar-refractivity contribution in [2.45, 2.75) is 33.0 Å². The Labute approximate surface area is 98.6 Å². The molecule has 0 fully saturated rings. The van der Waals surface area contributed by atoms with Crippen LogP contribution in [0.2, 0.25) is 5.02 Å². The zero-order chi connectivity index (χ0) is 12.1. The van der Waals surface area contributed by atoms with Crippen LogP contribution in [0.5, 0.6) is 5.75 Å². The third-order valence-electron chi connectivity index (χ3n) is 1.94. The van der Waals surface area contributed by atoms with Crippen LogP contribution in [-0.4, -0.2) is 12.7 Å². The Morgan fingerprint density at radius 3 is 2.62 bits per heavy atom. The molecule has 0 amide bonds. The fraction of sp³-hybridized carbons (Fsp3) is 0.455. The lowest BCUT2D eigenvalue weighted by molar-refractivity contribution is -0.0505. The van der Waals surface area contributed by atoms with Crippen LogP contribution < -0.4 is 10.1 Å². The number of hydrogen-bond acceptors (Lipinski definition) is 2. The van der Waals surface area contributed by atoms with Crippen molar-refractivity contribution in [2.75, 3.05) is 0 Å². The van der Waals surface area contributed by atoms with E-state index in [0.29, 0.717) is 17.1 Å². The van der Waals surface area contributed by atoms with E-state index in [0.717, 1.165) is 0 Å². The van der Waals surface area contributed by atoms with Crippen molar-refractivity contribution < 1.29 is 13.5 Å². The first kappa shape index (κ1) is 13.2. The molecule has 0 unspecified atom stereocenters. The average Bonchev–Trinajstić information content (AvgIpc) is 2.17. The molecule has 0 spiro atoms. The van der Waals surface area contributed by atoms with E-state index in [1.807, 2.05) is 13.8 Å². The molecular formula is C11H14ClF2NO. The molecule has 16 heavy (non-hydrogen) atoms. The number of hydrogen-bond donors (Lipinski definition) is 1. The fourth-order valence-electron chi connectivity index (χ4n) is 1.21.